The first-order chi connectivity index (χ1) is 11.9. The van der Waals surface area contributed by atoms with Crippen LogP contribution >= 0.6 is 0 Å². The summed E-state index contributed by atoms with van der Waals surface area (Å²) in [4.78, 5) is 0.208. The van der Waals surface area contributed by atoms with Gasteiger partial charge in [0, 0.05) is 0 Å². The van der Waals surface area contributed by atoms with Crippen molar-refractivity contribution >= 4 is 10.0 Å². The first-order valence-corrected chi connectivity index (χ1v) is 9.33. The molecule has 1 fully saturated rings. The molecule has 7 heteroatoms. The van der Waals surface area contributed by atoms with Crippen LogP contribution in [0.2, 0.25) is 0 Å². The molecule has 0 bridgehead atoms. The summed E-state index contributed by atoms with van der Waals surface area (Å²) in [5, 5.41) is 0. The van der Waals surface area contributed by atoms with Gasteiger partial charge in [-0.05, 0) is 54.8 Å². The number of ether oxygens (including phenoxy) is 3. The lowest BCUT2D eigenvalue weighted by Crippen LogP contribution is -2.34. The quantitative estimate of drug-likeness (QED) is 0.819. The van der Waals surface area contributed by atoms with E-state index in [4.69, 9.17) is 14.2 Å². The van der Waals surface area contributed by atoms with Crippen molar-refractivity contribution in [2.45, 2.75) is 23.3 Å². The zero-order valence-electron chi connectivity index (χ0n) is 14.4. The maximum absolute atomic E-state index is 12.7. The van der Waals surface area contributed by atoms with Gasteiger partial charge in [-0.1, -0.05) is 6.07 Å². The average molecular weight is 363 g/mol. The Morgan fingerprint density at radius 1 is 0.880 bits per heavy atom. The van der Waals surface area contributed by atoms with Gasteiger partial charge >= 0.3 is 0 Å². The molecule has 3 rings (SSSR count). The van der Waals surface area contributed by atoms with Crippen molar-refractivity contribution < 1.29 is 22.6 Å². The highest BCUT2D eigenvalue weighted by molar-refractivity contribution is 7.89. The van der Waals surface area contributed by atoms with Gasteiger partial charge in [0.2, 0.25) is 10.0 Å². The molecule has 1 N–H and O–H groups in total. The summed E-state index contributed by atoms with van der Waals surface area (Å²) in [6.07, 6.45) is 1.47. The Morgan fingerprint density at radius 3 is 2.04 bits per heavy atom. The molecule has 0 heterocycles. The van der Waals surface area contributed by atoms with Crippen LogP contribution in [0.4, 0.5) is 0 Å². The van der Waals surface area contributed by atoms with Gasteiger partial charge in [-0.15, -0.1) is 0 Å². The summed E-state index contributed by atoms with van der Waals surface area (Å²) in [5.74, 6) is 1.80. The number of hydrogen-bond donors (Lipinski definition) is 1. The van der Waals surface area contributed by atoms with Crippen LogP contribution in [0, 0.1) is 0 Å². The van der Waals surface area contributed by atoms with Gasteiger partial charge in [0.05, 0.1) is 31.8 Å². The molecule has 2 aromatic carbocycles. The Kier molecular flexibility index (Phi) is 4.62. The van der Waals surface area contributed by atoms with Gasteiger partial charge in [-0.2, -0.15) is 0 Å². The van der Waals surface area contributed by atoms with Crippen LogP contribution in [0.5, 0.6) is 17.2 Å². The van der Waals surface area contributed by atoms with E-state index in [0.29, 0.717) is 17.2 Å². The zero-order valence-corrected chi connectivity index (χ0v) is 15.2. The van der Waals surface area contributed by atoms with E-state index in [-0.39, 0.29) is 4.90 Å². The highest BCUT2D eigenvalue weighted by Crippen LogP contribution is 2.48. The van der Waals surface area contributed by atoms with Crippen molar-refractivity contribution in [3.8, 4) is 17.2 Å². The van der Waals surface area contributed by atoms with E-state index >= 15 is 0 Å². The number of sulfonamides is 1. The molecule has 134 valence electrons. The van der Waals surface area contributed by atoms with Crippen molar-refractivity contribution in [2.75, 3.05) is 21.3 Å². The summed E-state index contributed by atoms with van der Waals surface area (Å²) in [6, 6.07) is 11.8. The predicted octanol–water partition coefficient (Wildman–Crippen LogP) is 2.68. The van der Waals surface area contributed by atoms with E-state index in [1.807, 2.05) is 12.1 Å². The molecule has 1 aliphatic carbocycles. The molecule has 2 aromatic rings. The minimum absolute atomic E-state index is 0.208. The number of nitrogens with one attached hydrogen (secondary N) is 1. The van der Waals surface area contributed by atoms with Crippen molar-refractivity contribution in [1.29, 1.82) is 0 Å². The Bertz CT molecular complexity index is 858. The van der Waals surface area contributed by atoms with Gasteiger partial charge in [0.15, 0.2) is 11.5 Å². The number of hydrogen-bond acceptors (Lipinski definition) is 5. The molecule has 0 amide bonds. The molecule has 0 saturated heterocycles. The van der Waals surface area contributed by atoms with Gasteiger partial charge in [0.25, 0.3) is 0 Å². The molecule has 0 radical (unpaired) electrons. The second-order valence-electron chi connectivity index (χ2n) is 5.93. The highest BCUT2D eigenvalue weighted by atomic mass is 32.2. The fraction of sp³-hybridized carbons (Fsp3) is 0.333. The summed E-state index contributed by atoms with van der Waals surface area (Å²) < 4.78 is 43.9. The van der Waals surface area contributed by atoms with Gasteiger partial charge in [0.1, 0.15) is 5.75 Å². The number of rotatable bonds is 7. The van der Waals surface area contributed by atoms with Gasteiger partial charge in [-0.3, -0.25) is 0 Å². The summed E-state index contributed by atoms with van der Waals surface area (Å²) >= 11 is 0. The minimum Gasteiger partial charge on any atom is -0.497 e. The average Bonchev–Trinajstić information content (AvgIpc) is 3.41. The summed E-state index contributed by atoms with van der Waals surface area (Å²) in [5.41, 5.74) is 0.264. The smallest absolute Gasteiger partial charge is 0.241 e. The normalized spacial score (nSPS) is 15.5. The van der Waals surface area contributed by atoms with E-state index in [1.54, 1.807) is 32.4 Å². The van der Waals surface area contributed by atoms with E-state index in [9.17, 15) is 8.42 Å². The van der Waals surface area contributed by atoms with E-state index in [0.717, 1.165) is 18.4 Å². The van der Waals surface area contributed by atoms with Crippen molar-refractivity contribution in [3.05, 3.63) is 48.0 Å². The molecule has 25 heavy (non-hydrogen) atoms. The lowest BCUT2D eigenvalue weighted by molar-refractivity contribution is 0.354. The molecular weight excluding hydrogens is 342 g/mol. The third kappa shape index (κ3) is 3.43. The third-order valence-corrected chi connectivity index (χ3v) is 5.94. The molecule has 1 saturated carbocycles. The van der Waals surface area contributed by atoms with E-state index < -0.39 is 15.6 Å². The van der Waals surface area contributed by atoms with Gasteiger partial charge in [-0.25, -0.2) is 13.1 Å². The molecule has 1 aliphatic rings. The zero-order chi connectivity index (χ0) is 18.1. The first-order valence-electron chi connectivity index (χ1n) is 7.85. The fourth-order valence-electron chi connectivity index (χ4n) is 2.78. The van der Waals surface area contributed by atoms with Crippen molar-refractivity contribution in [3.63, 3.8) is 0 Å². The Morgan fingerprint density at radius 2 is 1.52 bits per heavy atom. The topological polar surface area (TPSA) is 73.9 Å². The van der Waals surface area contributed by atoms with Crippen molar-refractivity contribution in [1.82, 2.24) is 4.72 Å². The van der Waals surface area contributed by atoms with Gasteiger partial charge < -0.3 is 14.2 Å². The number of benzene rings is 2. The molecule has 0 aromatic heterocycles. The Balaban J connectivity index is 1.88. The van der Waals surface area contributed by atoms with Crippen LogP contribution in [0.3, 0.4) is 0 Å². The summed E-state index contributed by atoms with van der Waals surface area (Å²) in [6.45, 7) is 0. The molecule has 0 aliphatic heterocycles. The Labute approximate surface area is 147 Å². The molecule has 6 nitrogen and oxygen atoms in total. The monoisotopic (exact) mass is 363 g/mol. The summed E-state index contributed by atoms with van der Waals surface area (Å²) in [7, 11) is 1.02. The second-order valence-corrected chi connectivity index (χ2v) is 7.62. The maximum atomic E-state index is 12.7. The second kappa shape index (κ2) is 6.57. The highest BCUT2D eigenvalue weighted by Gasteiger charge is 2.48. The van der Waals surface area contributed by atoms with Crippen LogP contribution in [0.15, 0.2) is 47.4 Å². The molecule has 0 atom stereocenters. The maximum Gasteiger partial charge on any atom is 0.241 e. The molecular formula is C18H21NO5S. The predicted molar refractivity (Wildman–Crippen MR) is 93.8 cm³/mol. The lowest BCUT2D eigenvalue weighted by Gasteiger charge is -2.19. The largest absolute Gasteiger partial charge is 0.497 e. The van der Waals surface area contributed by atoms with Crippen LogP contribution in [0.1, 0.15) is 18.4 Å². The number of methoxy groups -OCH3 is 3. The van der Waals surface area contributed by atoms with E-state index in [1.165, 1.54) is 19.2 Å². The molecule has 0 spiro atoms. The van der Waals surface area contributed by atoms with Crippen LogP contribution in [-0.2, 0) is 15.6 Å². The lowest BCUT2D eigenvalue weighted by atomic mass is 10.1. The molecule has 0 unspecified atom stereocenters. The fourth-order valence-corrected chi connectivity index (χ4v) is 4.23. The van der Waals surface area contributed by atoms with Crippen LogP contribution in [0.25, 0.3) is 0 Å². The first kappa shape index (κ1) is 17.6. The Hall–Kier alpha value is -2.25. The standard InChI is InChI=1S/C18H21NO5S/c1-22-14-5-7-15(8-6-14)25(20,21)19-18(10-11-18)13-4-9-16(23-2)17(12-13)24-3/h4-9,12,19H,10-11H2,1-3H3. The van der Waals surface area contributed by atoms with Crippen LogP contribution in [-0.4, -0.2) is 29.7 Å². The van der Waals surface area contributed by atoms with Crippen LogP contribution < -0.4 is 18.9 Å². The third-order valence-electron chi connectivity index (χ3n) is 4.39. The SMILES string of the molecule is COc1ccc(S(=O)(=O)NC2(c3ccc(OC)c(OC)c3)CC2)cc1. The van der Waals surface area contributed by atoms with E-state index in [2.05, 4.69) is 4.72 Å². The van der Waals surface area contributed by atoms with Crippen molar-refractivity contribution in [2.24, 2.45) is 0 Å². The minimum atomic E-state index is -3.64.